The summed E-state index contributed by atoms with van der Waals surface area (Å²) in [6.07, 6.45) is 1.03. The van der Waals surface area contributed by atoms with Crippen molar-refractivity contribution in [3.8, 4) is 11.5 Å². The lowest BCUT2D eigenvalue weighted by Crippen LogP contribution is -2.64. The molecule has 3 aliphatic rings. The van der Waals surface area contributed by atoms with E-state index >= 15 is 0 Å². The predicted octanol–water partition coefficient (Wildman–Crippen LogP) is 4.19. The van der Waals surface area contributed by atoms with E-state index in [1.165, 1.54) is 10.5 Å². The number of aryl methyl sites for hydroxylation is 1. The number of aliphatic imine (C=N–C) groups is 1. The number of carbonyl (C=O) groups excluding carboxylic acids is 2. The molecule has 0 aromatic heterocycles. The zero-order chi connectivity index (χ0) is 25.4. The summed E-state index contributed by atoms with van der Waals surface area (Å²) in [5.74, 6) is 2.12. The lowest BCUT2D eigenvalue weighted by molar-refractivity contribution is -0.137. The molecular weight excluding hydrogens is 466 g/mol. The van der Waals surface area contributed by atoms with E-state index < -0.39 is 12.2 Å². The van der Waals surface area contributed by atoms with Gasteiger partial charge in [-0.25, -0.2) is 9.79 Å². The van der Waals surface area contributed by atoms with E-state index in [1.54, 1.807) is 11.9 Å². The summed E-state index contributed by atoms with van der Waals surface area (Å²) in [5, 5.41) is 0. The van der Waals surface area contributed by atoms with E-state index in [0.717, 1.165) is 42.5 Å². The summed E-state index contributed by atoms with van der Waals surface area (Å²) in [5.41, 5.74) is 2.17. The Morgan fingerprint density at radius 1 is 0.865 bits per heavy atom. The number of fused-ring (bicyclic) bond motifs is 3. The second-order valence-electron chi connectivity index (χ2n) is 9.51. The largest absolute Gasteiger partial charge is 0.457 e. The minimum absolute atomic E-state index is 0.159. The van der Waals surface area contributed by atoms with E-state index in [0.29, 0.717) is 13.1 Å². The number of para-hydroxylation sites is 1. The van der Waals surface area contributed by atoms with Crippen molar-refractivity contribution in [2.75, 3.05) is 31.6 Å². The molecule has 0 saturated carbocycles. The maximum Gasteiger partial charge on any atom is 0.328 e. The molecule has 0 spiro atoms. The predicted molar refractivity (Wildman–Crippen MR) is 142 cm³/mol. The van der Waals surface area contributed by atoms with Crippen molar-refractivity contribution in [3.05, 3.63) is 90.5 Å². The molecule has 0 bridgehead atoms. The van der Waals surface area contributed by atoms with Crippen molar-refractivity contribution >= 4 is 23.6 Å². The number of imide groups is 1. The van der Waals surface area contributed by atoms with Crippen LogP contribution in [0, 0.1) is 0 Å². The lowest BCUT2D eigenvalue weighted by atomic mass is 10.1. The molecule has 6 rings (SSSR count). The third-order valence-corrected chi connectivity index (χ3v) is 7.19. The fourth-order valence-electron chi connectivity index (χ4n) is 5.29. The van der Waals surface area contributed by atoms with Gasteiger partial charge in [-0.2, -0.15) is 0 Å². The Kier molecular flexibility index (Phi) is 6.00. The van der Waals surface area contributed by atoms with Crippen LogP contribution in [0.1, 0.15) is 12.0 Å². The van der Waals surface area contributed by atoms with Gasteiger partial charge in [0.1, 0.15) is 11.5 Å². The normalized spacial score (nSPS) is 20.7. The molecule has 3 aromatic rings. The number of benzene rings is 3. The van der Waals surface area contributed by atoms with Crippen LogP contribution in [0.15, 0.2) is 89.9 Å². The Morgan fingerprint density at radius 2 is 1.54 bits per heavy atom. The number of anilines is 1. The standard InChI is InChI=1S/C29H29N5O3/c1-31-26-25(27(35)34(29(31)36)18-8-11-21-9-4-2-5-10-21)33-20-19-32(28(33)30-26)22-14-16-24(17-15-22)37-23-12-6-3-7-13-23/h2-7,9-10,12-17,25-26H,8,11,18-20H2,1H3. The fourth-order valence-corrected chi connectivity index (χ4v) is 5.29. The van der Waals surface area contributed by atoms with Gasteiger partial charge in [-0.1, -0.05) is 48.5 Å². The van der Waals surface area contributed by atoms with Crippen molar-refractivity contribution in [1.29, 1.82) is 0 Å². The van der Waals surface area contributed by atoms with Crippen LogP contribution in [0.5, 0.6) is 11.5 Å². The molecule has 8 nitrogen and oxygen atoms in total. The van der Waals surface area contributed by atoms with E-state index in [1.807, 2.05) is 72.8 Å². The Bertz CT molecular complexity index is 1310. The highest BCUT2D eigenvalue weighted by atomic mass is 16.5. The fraction of sp³-hybridized carbons (Fsp3) is 0.276. The first-order valence-electron chi connectivity index (χ1n) is 12.7. The number of urea groups is 1. The monoisotopic (exact) mass is 495 g/mol. The van der Waals surface area contributed by atoms with Gasteiger partial charge in [0.15, 0.2) is 12.2 Å². The minimum Gasteiger partial charge on any atom is -0.457 e. The van der Waals surface area contributed by atoms with E-state index in [2.05, 4.69) is 21.9 Å². The van der Waals surface area contributed by atoms with Gasteiger partial charge in [0.25, 0.3) is 5.91 Å². The van der Waals surface area contributed by atoms with Gasteiger partial charge in [0.2, 0.25) is 5.96 Å². The number of rotatable bonds is 7. The molecular formula is C29H29N5O3. The number of ether oxygens (including phenoxy) is 1. The average molecular weight is 496 g/mol. The third kappa shape index (κ3) is 4.28. The SMILES string of the molecule is CN1C(=O)N(CCCc2ccccc2)C(=O)C2C1N=C1N(c3ccc(Oc4ccccc4)cc3)CCN12. The number of nitrogens with zero attached hydrogens (tertiary/aromatic N) is 5. The van der Waals surface area contributed by atoms with Crippen LogP contribution >= 0.6 is 0 Å². The van der Waals surface area contributed by atoms with Crippen LogP contribution in [0.3, 0.4) is 0 Å². The van der Waals surface area contributed by atoms with Gasteiger partial charge in [-0.15, -0.1) is 0 Å². The molecule has 3 aliphatic heterocycles. The van der Waals surface area contributed by atoms with Crippen LogP contribution in [0.25, 0.3) is 0 Å². The molecule has 0 radical (unpaired) electrons. The molecule has 8 heteroatoms. The molecule has 0 N–H and O–H groups in total. The van der Waals surface area contributed by atoms with Gasteiger partial charge < -0.3 is 19.4 Å². The Balaban J connectivity index is 1.15. The van der Waals surface area contributed by atoms with Crippen molar-refractivity contribution < 1.29 is 14.3 Å². The van der Waals surface area contributed by atoms with Crippen LogP contribution in [-0.2, 0) is 11.2 Å². The van der Waals surface area contributed by atoms with Crippen molar-refractivity contribution in [2.24, 2.45) is 4.99 Å². The summed E-state index contributed by atoms with van der Waals surface area (Å²) in [6, 6.07) is 26.9. The van der Waals surface area contributed by atoms with Crippen LogP contribution in [0.4, 0.5) is 10.5 Å². The quantitative estimate of drug-likeness (QED) is 0.492. The second-order valence-corrected chi connectivity index (χ2v) is 9.51. The van der Waals surface area contributed by atoms with Gasteiger partial charge in [0.05, 0.1) is 0 Å². The van der Waals surface area contributed by atoms with Crippen LogP contribution in [-0.4, -0.2) is 71.5 Å². The molecule has 2 saturated heterocycles. The van der Waals surface area contributed by atoms with E-state index in [9.17, 15) is 9.59 Å². The van der Waals surface area contributed by atoms with Gasteiger partial charge in [0, 0.05) is 32.4 Å². The smallest absolute Gasteiger partial charge is 0.328 e. The zero-order valence-corrected chi connectivity index (χ0v) is 20.7. The molecule has 2 atom stereocenters. The van der Waals surface area contributed by atoms with Gasteiger partial charge in [-0.05, 0) is 54.8 Å². The van der Waals surface area contributed by atoms with Crippen LogP contribution < -0.4 is 9.64 Å². The van der Waals surface area contributed by atoms with Crippen LogP contribution in [0.2, 0.25) is 0 Å². The molecule has 3 heterocycles. The highest BCUT2D eigenvalue weighted by molar-refractivity contribution is 6.08. The Labute approximate surface area is 216 Å². The summed E-state index contributed by atoms with van der Waals surface area (Å²) in [4.78, 5) is 38.7. The molecule has 37 heavy (non-hydrogen) atoms. The summed E-state index contributed by atoms with van der Waals surface area (Å²) >= 11 is 0. The van der Waals surface area contributed by atoms with Gasteiger partial charge in [-0.3, -0.25) is 9.69 Å². The average Bonchev–Trinajstić information content (AvgIpc) is 3.51. The molecule has 2 fully saturated rings. The topological polar surface area (TPSA) is 68.7 Å². The molecule has 2 unspecified atom stereocenters. The highest BCUT2D eigenvalue weighted by Crippen LogP contribution is 2.34. The summed E-state index contributed by atoms with van der Waals surface area (Å²) in [6.45, 7) is 1.80. The summed E-state index contributed by atoms with van der Waals surface area (Å²) in [7, 11) is 1.74. The first kappa shape index (κ1) is 23.1. The highest BCUT2D eigenvalue weighted by Gasteiger charge is 2.54. The van der Waals surface area contributed by atoms with E-state index in [-0.39, 0.29) is 11.9 Å². The number of hydrogen-bond donors (Lipinski definition) is 0. The molecule has 188 valence electrons. The summed E-state index contributed by atoms with van der Waals surface area (Å²) < 4.78 is 5.92. The van der Waals surface area contributed by atoms with Crippen molar-refractivity contribution in [1.82, 2.24) is 14.7 Å². The molecule has 0 aliphatic carbocycles. The maximum absolute atomic E-state index is 13.5. The Hall–Kier alpha value is -4.33. The first-order valence-corrected chi connectivity index (χ1v) is 12.7. The molecule has 3 aromatic carbocycles. The number of amides is 3. The minimum atomic E-state index is -0.510. The van der Waals surface area contributed by atoms with Gasteiger partial charge >= 0.3 is 6.03 Å². The first-order chi connectivity index (χ1) is 18.1. The van der Waals surface area contributed by atoms with Crippen molar-refractivity contribution in [3.63, 3.8) is 0 Å². The third-order valence-electron chi connectivity index (χ3n) is 7.19. The Morgan fingerprint density at radius 3 is 2.27 bits per heavy atom. The number of carbonyl (C=O) groups is 2. The van der Waals surface area contributed by atoms with Crippen molar-refractivity contribution in [2.45, 2.75) is 25.0 Å². The lowest BCUT2D eigenvalue weighted by Gasteiger charge is -2.40. The number of hydrogen-bond acceptors (Lipinski definition) is 6. The number of guanidine groups is 1. The maximum atomic E-state index is 13.5. The second kappa shape index (κ2) is 9.61. The zero-order valence-electron chi connectivity index (χ0n) is 20.7. The number of likely N-dealkylation sites (N-methyl/N-ethyl adjacent to an activating group) is 1. The van der Waals surface area contributed by atoms with E-state index in [4.69, 9.17) is 9.73 Å². The molecule has 3 amide bonds.